The molecule has 2 aliphatic heterocycles. The average molecular weight is 478 g/mol. The zero-order valence-corrected chi connectivity index (χ0v) is 19.9. The fraction of sp³-hybridized carbons (Fsp3) is 0.542. The summed E-state index contributed by atoms with van der Waals surface area (Å²) in [5, 5.41) is 2.77. The van der Waals surface area contributed by atoms with E-state index in [1.165, 1.54) is 12.1 Å². The maximum Gasteiger partial charge on any atom is 0.282 e. The van der Waals surface area contributed by atoms with Crippen molar-refractivity contribution in [2.24, 2.45) is 5.41 Å². The molecule has 1 saturated heterocycles. The highest BCUT2D eigenvalue weighted by atomic mass is 19.3. The lowest BCUT2D eigenvalue weighted by atomic mass is 9.85. The topological polar surface area (TPSA) is 70.5 Å². The van der Waals surface area contributed by atoms with E-state index in [1.54, 1.807) is 32.9 Å². The summed E-state index contributed by atoms with van der Waals surface area (Å²) < 4.78 is 42.6. The van der Waals surface area contributed by atoms with Gasteiger partial charge in [0.25, 0.3) is 11.8 Å². The van der Waals surface area contributed by atoms with Crippen molar-refractivity contribution in [1.29, 1.82) is 0 Å². The highest BCUT2D eigenvalue weighted by Gasteiger charge is 2.49. The number of nitrogens with zero attached hydrogens (tertiary/aromatic N) is 4. The summed E-state index contributed by atoms with van der Waals surface area (Å²) in [6.07, 6.45) is 0.829. The van der Waals surface area contributed by atoms with Gasteiger partial charge in [-0.25, -0.2) is 18.2 Å². The first-order chi connectivity index (χ1) is 15.9. The van der Waals surface area contributed by atoms with Crippen LogP contribution in [0.2, 0.25) is 0 Å². The lowest BCUT2D eigenvalue weighted by Crippen LogP contribution is -2.64. The largest absolute Gasteiger partial charge is 0.338 e. The van der Waals surface area contributed by atoms with Gasteiger partial charge in [0.2, 0.25) is 5.91 Å². The number of hydrogen-bond acceptors (Lipinski definition) is 4. The van der Waals surface area contributed by atoms with Crippen LogP contribution in [-0.4, -0.2) is 69.8 Å². The highest BCUT2D eigenvalue weighted by Crippen LogP contribution is 2.31. The van der Waals surface area contributed by atoms with Crippen molar-refractivity contribution in [3.63, 3.8) is 0 Å². The Labute approximate surface area is 196 Å². The molecule has 0 radical (unpaired) electrons. The lowest BCUT2D eigenvalue weighted by molar-refractivity contribution is -0.169. The molecule has 34 heavy (non-hydrogen) atoms. The Morgan fingerprint density at radius 2 is 1.88 bits per heavy atom. The Balaban J connectivity index is 1.68. The Hall–Kier alpha value is -2.88. The van der Waals surface area contributed by atoms with Crippen LogP contribution < -0.4 is 5.32 Å². The third-order valence-electron chi connectivity index (χ3n) is 6.26. The van der Waals surface area contributed by atoms with Crippen LogP contribution in [0.3, 0.4) is 0 Å². The monoisotopic (exact) mass is 477 g/mol. The second-order valence-electron chi connectivity index (χ2n) is 10.3. The minimum absolute atomic E-state index is 0.156. The normalized spacial score (nSPS) is 19.1. The maximum atomic E-state index is 13.9. The van der Waals surface area contributed by atoms with E-state index in [4.69, 9.17) is 0 Å². The zero-order valence-electron chi connectivity index (χ0n) is 19.9. The number of imidazole rings is 1. The number of alkyl halides is 2. The lowest BCUT2D eigenvalue weighted by Gasteiger charge is -2.43. The fourth-order valence-corrected chi connectivity index (χ4v) is 4.45. The third kappa shape index (κ3) is 4.82. The smallest absolute Gasteiger partial charge is 0.282 e. The molecule has 1 aromatic heterocycles. The molecule has 2 aromatic rings. The number of fused-ring (bicyclic) bond motifs is 1. The standard InChI is InChI=1S/C24H30F3N5O2/c1-23(2,3)19(22(34)31-13-24(26,27)14-31)29-21(33)18-17-12-30(4)9-6-10-32(17)20(28-18)15-7-5-8-16(25)11-15/h5,7-8,11,19H,6,9-10,12-14H2,1-4H3,(H,29,33)/t19-/m1/s1. The van der Waals surface area contributed by atoms with Crippen molar-refractivity contribution in [1.82, 2.24) is 24.7 Å². The molecule has 0 bridgehead atoms. The quantitative estimate of drug-likeness (QED) is 0.735. The van der Waals surface area contributed by atoms with E-state index >= 15 is 0 Å². The van der Waals surface area contributed by atoms with Gasteiger partial charge in [-0.2, -0.15) is 0 Å². The summed E-state index contributed by atoms with van der Waals surface area (Å²) in [7, 11) is 1.94. The van der Waals surface area contributed by atoms with Crippen LogP contribution in [0.25, 0.3) is 11.4 Å². The number of halogens is 3. The summed E-state index contributed by atoms with van der Waals surface area (Å²) in [6, 6.07) is 5.04. The summed E-state index contributed by atoms with van der Waals surface area (Å²) in [5.74, 6) is -3.91. The van der Waals surface area contributed by atoms with E-state index in [0.717, 1.165) is 17.9 Å². The number of benzene rings is 1. The predicted molar refractivity (Wildman–Crippen MR) is 121 cm³/mol. The second kappa shape index (κ2) is 8.72. The number of nitrogens with one attached hydrogen (secondary N) is 1. The van der Waals surface area contributed by atoms with E-state index in [2.05, 4.69) is 15.2 Å². The fourth-order valence-electron chi connectivity index (χ4n) is 4.45. The Morgan fingerprint density at radius 1 is 1.18 bits per heavy atom. The summed E-state index contributed by atoms with van der Waals surface area (Å²) in [5.41, 5.74) is 0.670. The van der Waals surface area contributed by atoms with E-state index in [0.29, 0.717) is 30.2 Å². The predicted octanol–water partition coefficient (Wildman–Crippen LogP) is 3.15. The van der Waals surface area contributed by atoms with Crippen molar-refractivity contribution in [2.45, 2.75) is 52.2 Å². The van der Waals surface area contributed by atoms with Gasteiger partial charge in [-0.3, -0.25) is 9.59 Å². The molecule has 1 N–H and O–H groups in total. The number of aromatic nitrogens is 2. The van der Waals surface area contributed by atoms with Crippen LogP contribution in [0, 0.1) is 11.2 Å². The van der Waals surface area contributed by atoms with Crippen LogP contribution in [0.15, 0.2) is 24.3 Å². The van der Waals surface area contributed by atoms with E-state index in [9.17, 15) is 22.8 Å². The van der Waals surface area contributed by atoms with E-state index in [-0.39, 0.29) is 5.69 Å². The van der Waals surface area contributed by atoms with Gasteiger partial charge < -0.3 is 19.7 Å². The summed E-state index contributed by atoms with van der Waals surface area (Å²) in [6.45, 7) is 5.89. The van der Waals surface area contributed by atoms with E-state index < -0.39 is 48.1 Å². The van der Waals surface area contributed by atoms with Crippen LogP contribution in [0.1, 0.15) is 43.4 Å². The molecule has 1 fully saturated rings. The molecule has 4 rings (SSSR count). The first-order valence-electron chi connectivity index (χ1n) is 11.4. The molecule has 2 aliphatic rings. The van der Waals surface area contributed by atoms with Gasteiger partial charge in [0.15, 0.2) is 5.69 Å². The van der Waals surface area contributed by atoms with Crippen molar-refractivity contribution in [3.05, 3.63) is 41.5 Å². The molecular weight excluding hydrogens is 447 g/mol. The van der Waals surface area contributed by atoms with Gasteiger partial charge in [-0.15, -0.1) is 0 Å². The second-order valence-corrected chi connectivity index (χ2v) is 10.3. The minimum Gasteiger partial charge on any atom is -0.338 e. The molecule has 10 heteroatoms. The minimum atomic E-state index is -2.90. The molecule has 1 aromatic carbocycles. The molecule has 0 saturated carbocycles. The molecule has 0 unspecified atom stereocenters. The molecule has 7 nitrogen and oxygen atoms in total. The molecule has 0 aliphatic carbocycles. The molecule has 3 heterocycles. The summed E-state index contributed by atoms with van der Waals surface area (Å²) in [4.78, 5) is 34.2. The zero-order chi connectivity index (χ0) is 24.8. The molecule has 1 atom stereocenters. The Morgan fingerprint density at radius 3 is 2.50 bits per heavy atom. The maximum absolute atomic E-state index is 13.9. The van der Waals surface area contributed by atoms with Crippen molar-refractivity contribution < 1.29 is 22.8 Å². The third-order valence-corrected chi connectivity index (χ3v) is 6.26. The van der Waals surface area contributed by atoms with E-state index in [1.807, 2.05) is 11.6 Å². The van der Waals surface area contributed by atoms with Gasteiger partial charge in [0, 0.05) is 18.7 Å². The van der Waals surface area contributed by atoms with Crippen molar-refractivity contribution in [3.8, 4) is 11.4 Å². The SMILES string of the molecule is CN1CCCn2c(-c3cccc(F)c3)nc(C(=O)N[C@H](C(=O)N3CC(F)(F)C3)C(C)(C)C)c2C1. The van der Waals surface area contributed by atoms with Crippen LogP contribution in [0.4, 0.5) is 13.2 Å². The van der Waals surface area contributed by atoms with Crippen LogP contribution >= 0.6 is 0 Å². The van der Waals surface area contributed by atoms with Gasteiger partial charge in [0.1, 0.15) is 17.7 Å². The number of hydrogen-bond donors (Lipinski definition) is 1. The summed E-state index contributed by atoms with van der Waals surface area (Å²) >= 11 is 0. The molecule has 184 valence electrons. The van der Waals surface area contributed by atoms with Gasteiger partial charge in [-0.05, 0) is 37.6 Å². The van der Waals surface area contributed by atoms with Crippen LogP contribution in [0.5, 0.6) is 0 Å². The Bertz CT molecular complexity index is 1100. The van der Waals surface area contributed by atoms with Gasteiger partial charge >= 0.3 is 0 Å². The first kappa shape index (κ1) is 24.3. The average Bonchev–Trinajstić information content (AvgIpc) is 2.95. The van der Waals surface area contributed by atoms with Gasteiger partial charge in [0.05, 0.1) is 18.8 Å². The number of carbonyl (C=O) groups excluding carboxylic acids is 2. The molecule has 2 amide bonds. The van der Waals surface area contributed by atoms with Gasteiger partial charge in [-0.1, -0.05) is 32.9 Å². The molecule has 0 spiro atoms. The van der Waals surface area contributed by atoms with Crippen molar-refractivity contribution in [2.75, 3.05) is 26.7 Å². The number of carbonyl (C=O) groups is 2. The highest BCUT2D eigenvalue weighted by molar-refractivity contribution is 5.98. The number of likely N-dealkylation sites (tertiary alicyclic amines) is 1. The van der Waals surface area contributed by atoms with Crippen LogP contribution in [-0.2, 0) is 17.9 Å². The molecular formula is C24H30F3N5O2. The van der Waals surface area contributed by atoms with Crippen molar-refractivity contribution >= 4 is 11.8 Å². The number of amides is 2. The first-order valence-corrected chi connectivity index (χ1v) is 11.4. The Kier molecular flexibility index (Phi) is 6.22. The number of rotatable bonds is 4.